The summed E-state index contributed by atoms with van der Waals surface area (Å²) in [6.45, 7) is 5.94. The first kappa shape index (κ1) is 19.3. The molecule has 3 aliphatic heterocycles. The van der Waals surface area contributed by atoms with Crippen LogP contribution in [-0.2, 0) is 0 Å². The van der Waals surface area contributed by atoms with E-state index in [1.807, 2.05) is 23.2 Å². The molecule has 24 heavy (non-hydrogen) atoms. The SMILES string of the molecule is Cl.Cl.O=C(c1cccnc1N1CCCCC1)N1C[C@H]2CNC[C@H]2C1. The van der Waals surface area contributed by atoms with Crippen LogP contribution in [0.1, 0.15) is 29.6 Å². The highest BCUT2D eigenvalue weighted by Crippen LogP contribution is 2.29. The number of anilines is 1. The van der Waals surface area contributed by atoms with Gasteiger partial charge in [0, 0.05) is 45.5 Å². The number of halogens is 2. The summed E-state index contributed by atoms with van der Waals surface area (Å²) < 4.78 is 0. The lowest BCUT2D eigenvalue weighted by Gasteiger charge is -2.30. The highest BCUT2D eigenvalue weighted by molar-refractivity contribution is 5.99. The van der Waals surface area contributed by atoms with Crippen molar-refractivity contribution >= 4 is 36.5 Å². The van der Waals surface area contributed by atoms with Gasteiger partial charge in [-0.15, -0.1) is 24.8 Å². The predicted octanol–water partition coefficient (Wildman–Crippen LogP) is 2.21. The number of aromatic nitrogens is 1. The lowest BCUT2D eigenvalue weighted by atomic mass is 10.0. The molecular formula is C17H26Cl2N4O. The second kappa shape index (κ2) is 8.37. The zero-order valence-electron chi connectivity index (χ0n) is 13.8. The number of piperidine rings is 1. The van der Waals surface area contributed by atoms with Crippen molar-refractivity contribution in [3.8, 4) is 0 Å². The van der Waals surface area contributed by atoms with Gasteiger partial charge in [0.05, 0.1) is 5.56 Å². The fourth-order valence-electron chi connectivity index (χ4n) is 4.11. The number of carbonyl (C=O) groups excluding carboxylic acids is 1. The van der Waals surface area contributed by atoms with E-state index in [1.54, 1.807) is 0 Å². The van der Waals surface area contributed by atoms with Crippen molar-refractivity contribution in [2.75, 3.05) is 44.2 Å². The Hall–Kier alpha value is -1.04. The normalized spacial score (nSPS) is 25.7. The number of hydrogen-bond donors (Lipinski definition) is 1. The molecule has 0 aromatic carbocycles. The van der Waals surface area contributed by atoms with Crippen LogP contribution in [0.15, 0.2) is 18.3 Å². The maximum absolute atomic E-state index is 13.0. The van der Waals surface area contributed by atoms with Crippen LogP contribution in [0.25, 0.3) is 0 Å². The molecule has 3 fully saturated rings. The number of pyridine rings is 1. The van der Waals surface area contributed by atoms with Gasteiger partial charge in [-0.2, -0.15) is 0 Å². The summed E-state index contributed by atoms with van der Waals surface area (Å²) in [5.41, 5.74) is 0.789. The number of amides is 1. The van der Waals surface area contributed by atoms with Gasteiger partial charge < -0.3 is 15.1 Å². The highest BCUT2D eigenvalue weighted by atomic mass is 35.5. The Kier molecular flexibility index (Phi) is 6.72. The third-order valence-corrected chi connectivity index (χ3v) is 5.35. The summed E-state index contributed by atoms with van der Waals surface area (Å²) in [6, 6.07) is 3.84. The molecule has 1 N–H and O–H groups in total. The van der Waals surface area contributed by atoms with E-state index in [0.29, 0.717) is 11.8 Å². The number of likely N-dealkylation sites (tertiary alicyclic amines) is 1. The smallest absolute Gasteiger partial charge is 0.257 e. The van der Waals surface area contributed by atoms with Crippen LogP contribution in [0.2, 0.25) is 0 Å². The first-order chi connectivity index (χ1) is 10.8. The first-order valence-corrected chi connectivity index (χ1v) is 8.53. The second-order valence-electron chi connectivity index (χ2n) is 6.81. The van der Waals surface area contributed by atoms with Gasteiger partial charge >= 0.3 is 0 Å². The summed E-state index contributed by atoms with van der Waals surface area (Å²) >= 11 is 0. The largest absolute Gasteiger partial charge is 0.356 e. The van der Waals surface area contributed by atoms with Gasteiger partial charge in [0.1, 0.15) is 5.82 Å². The molecule has 4 heterocycles. The minimum atomic E-state index is 0. The number of hydrogen-bond acceptors (Lipinski definition) is 4. The van der Waals surface area contributed by atoms with Gasteiger partial charge in [-0.25, -0.2) is 4.98 Å². The minimum Gasteiger partial charge on any atom is -0.356 e. The predicted molar refractivity (Wildman–Crippen MR) is 101 cm³/mol. The number of carbonyl (C=O) groups is 1. The Morgan fingerprint density at radius 2 is 1.75 bits per heavy atom. The molecule has 5 nitrogen and oxygen atoms in total. The molecule has 0 unspecified atom stereocenters. The van der Waals surface area contributed by atoms with Crippen LogP contribution in [0.4, 0.5) is 5.82 Å². The van der Waals surface area contributed by atoms with Crippen LogP contribution < -0.4 is 10.2 Å². The first-order valence-electron chi connectivity index (χ1n) is 8.53. The Balaban J connectivity index is 0.00000104. The van der Waals surface area contributed by atoms with Gasteiger partial charge in [0.15, 0.2) is 0 Å². The van der Waals surface area contributed by atoms with E-state index >= 15 is 0 Å². The van der Waals surface area contributed by atoms with E-state index in [0.717, 1.165) is 50.6 Å². The van der Waals surface area contributed by atoms with Crippen LogP contribution in [-0.4, -0.2) is 55.1 Å². The Bertz CT molecular complexity index is 553. The Labute approximate surface area is 156 Å². The standard InChI is InChI=1S/C17H24N4O.2ClH/c22-17(21-11-13-9-18-10-14(13)12-21)15-5-4-6-19-16(15)20-7-2-1-3-8-20;;/h4-6,13-14,18H,1-3,7-12H2;2*1H/t13-,14+;;. The molecule has 0 saturated carbocycles. The Morgan fingerprint density at radius 1 is 1.08 bits per heavy atom. The lowest BCUT2D eigenvalue weighted by molar-refractivity contribution is 0.0782. The molecule has 2 atom stereocenters. The third-order valence-electron chi connectivity index (χ3n) is 5.35. The summed E-state index contributed by atoms with van der Waals surface area (Å²) in [6.07, 6.45) is 5.49. The summed E-state index contributed by atoms with van der Waals surface area (Å²) in [4.78, 5) is 21.8. The van der Waals surface area contributed by atoms with Crippen molar-refractivity contribution in [3.63, 3.8) is 0 Å². The van der Waals surface area contributed by atoms with Gasteiger partial charge in [-0.1, -0.05) is 0 Å². The average molecular weight is 373 g/mol. The van der Waals surface area contributed by atoms with Crippen LogP contribution in [0.5, 0.6) is 0 Å². The van der Waals surface area contributed by atoms with Crippen molar-refractivity contribution < 1.29 is 4.79 Å². The van der Waals surface area contributed by atoms with Gasteiger partial charge in [-0.05, 0) is 43.2 Å². The highest BCUT2D eigenvalue weighted by Gasteiger charge is 2.39. The van der Waals surface area contributed by atoms with Gasteiger partial charge in [0.25, 0.3) is 5.91 Å². The molecule has 4 rings (SSSR count). The molecule has 7 heteroatoms. The number of rotatable bonds is 2. The van der Waals surface area contributed by atoms with Crippen LogP contribution >= 0.6 is 24.8 Å². The molecule has 134 valence electrons. The van der Waals surface area contributed by atoms with Crippen molar-refractivity contribution in [1.82, 2.24) is 15.2 Å². The maximum atomic E-state index is 13.0. The van der Waals surface area contributed by atoms with E-state index < -0.39 is 0 Å². The average Bonchev–Trinajstić information content (AvgIpc) is 3.17. The molecule has 0 spiro atoms. The molecule has 0 radical (unpaired) electrons. The summed E-state index contributed by atoms with van der Waals surface area (Å²) in [5, 5.41) is 3.43. The van der Waals surface area contributed by atoms with Crippen molar-refractivity contribution in [3.05, 3.63) is 23.9 Å². The molecule has 0 aliphatic carbocycles. The third kappa shape index (κ3) is 3.63. The minimum absolute atomic E-state index is 0. The quantitative estimate of drug-likeness (QED) is 0.864. The van der Waals surface area contributed by atoms with Crippen molar-refractivity contribution in [2.24, 2.45) is 11.8 Å². The van der Waals surface area contributed by atoms with E-state index in [4.69, 9.17) is 0 Å². The summed E-state index contributed by atoms with van der Waals surface area (Å²) in [7, 11) is 0. The molecule has 1 aromatic rings. The van der Waals surface area contributed by atoms with Crippen LogP contribution in [0, 0.1) is 11.8 Å². The number of nitrogens with one attached hydrogen (secondary N) is 1. The van der Waals surface area contributed by atoms with Gasteiger partial charge in [0.2, 0.25) is 0 Å². The molecule has 3 aliphatic rings. The maximum Gasteiger partial charge on any atom is 0.257 e. The fourth-order valence-corrected chi connectivity index (χ4v) is 4.11. The Morgan fingerprint density at radius 3 is 2.42 bits per heavy atom. The molecule has 1 amide bonds. The van der Waals surface area contributed by atoms with E-state index in [2.05, 4.69) is 15.2 Å². The zero-order chi connectivity index (χ0) is 14.9. The molecule has 1 aromatic heterocycles. The summed E-state index contributed by atoms with van der Waals surface area (Å²) in [5.74, 6) is 2.34. The van der Waals surface area contributed by atoms with E-state index in [9.17, 15) is 4.79 Å². The lowest BCUT2D eigenvalue weighted by Crippen LogP contribution is -2.35. The molecule has 0 bridgehead atoms. The second-order valence-corrected chi connectivity index (χ2v) is 6.81. The number of nitrogens with zero attached hydrogens (tertiary/aromatic N) is 3. The topological polar surface area (TPSA) is 48.5 Å². The molecule has 3 saturated heterocycles. The number of fused-ring (bicyclic) bond motifs is 1. The van der Waals surface area contributed by atoms with Crippen molar-refractivity contribution in [1.29, 1.82) is 0 Å². The van der Waals surface area contributed by atoms with Crippen molar-refractivity contribution in [2.45, 2.75) is 19.3 Å². The van der Waals surface area contributed by atoms with E-state index in [-0.39, 0.29) is 30.7 Å². The van der Waals surface area contributed by atoms with E-state index in [1.165, 1.54) is 19.3 Å². The van der Waals surface area contributed by atoms with Gasteiger partial charge in [-0.3, -0.25) is 4.79 Å². The zero-order valence-corrected chi connectivity index (χ0v) is 15.5. The van der Waals surface area contributed by atoms with Crippen LogP contribution in [0.3, 0.4) is 0 Å². The fraction of sp³-hybridized carbons (Fsp3) is 0.647. The molecular weight excluding hydrogens is 347 g/mol. The monoisotopic (exact) mass is 372 g/mol.